The number of thioether (sulfide) groups is 1. The zero-order chi connectivity index (χ0) is 32.7. The van der Waals surface area contributed by atoms with Crippen LogP contribution >= 0.6 is 11.8 Å². The van der Waals surface area contributed by atoms with E-state index in [0.29, 0.717) is 36.4 Å². The average Bonchev–Trinajstić information content (AvgIpc) is 3.81. The summed E-state index contributed by atoms with van der Waals surface area (Å²) in [4.78, 5) is 44.8. The molecule has 11 nitrogen and oxygen atoms in total. The minimum Gasteiger partial charge on any atom is -0.494 e. The molecule has 2 bridgehead atoms. The Morgan fingerprint density at radius 1 is 1.06 bits per heavy atom. The number of amides is 3. The van der Waals surface area contributed by atoms with Crippen LogP contribution in [0.15, 0.2) is 78.9 Å². The van der Waals surface area contributed by atoms with Gasteiger partial charge in [0.05, 0.1) is 41.4 Å². The van der Waals surface area contributed by atoms with Gasteiger partial charge in [-0.1, -0.05) is 54.6 Å². The summed E-state index contributed by atoms with van der Waals surface area (Å²) in [5.74, 6) is -1.51. The number of nitrogens with zero attached hydrogens (tertiary/aromatic N) is 4. The van der Waals surface area contributed by atoms with Crippen LogP contribution in [0.25, 0.3) is 11.0 Å². The minimum atomic E-state index is -0.899. The van der Waals surface area contributed by atoms with Gasteiger partial charge in [-0.25, -0.2) is 4.68 Å². The Hall–Kier alpha value is -4.42. The molecule has 0 saturated carbocycles. The first-order chi connectivity index (χ1) is 22.8. The Bertz CT molecular complexity index is 1780. The van der Waals surface area contributed by atoms with Gasteiger partial charge in [0.25, 0.3) is 0 Å². The topological polar surface area (TPSA) is 139 Å². The van der Waals surface area contributed by atoms with Crippen molar-refractivity contribution in [3.63, 3.8) is 0 Å². The van der Waals surface area contributed by atoms with Gasteiger partial charge in [0, 0.05) is 10.9 Å². The van der Waals surface area contributed by atoms with Crippen LogP contribution in [0.4, 0.5) is 5.69 Å². The van der Waals surface area contributed by atoms with Crippen molar-refractivity contribution in [1.82, 2.24) is 25.2 Å². The molecular formula is C35H38N6O5S. The van der Waals surface area contributed by atoms with Gasteiger partial charge in [-0.3, -0.25) is 14.4 Å². The number of likely N-dealkylation sites (tertiary alicyclic amines) is 1. The summed E-state index contributed by atoms with van der Waals surface area (Å²) >= 11 is 1.60. The average molecular weight is 655 g/mol. The Kier molecular flexibility index (Phi) is 8.39. The number of aliphatic hydroxyl groups is 1. The van der Waals surface area contributed by atoms with Gasteiger partial charge in [0.1, 0.15) is 24.0 Å². The third-order valence-corrected chi connectivity index (χ3v) is 12.0. The molecule has 3 aromatic carbocycles. The number of nitrogens with one attached hydrogen (secondary N) is 2. The highest BCUT2D eigenvalue weighted by atomic mass is 32.2. The van der Waals surface area contributed by atoms with E-state index in [9.17, 15) is 19.5 Å². The Balaban J connectivity index is 1.22. The van der Waals surface area contributed by atoms with E-state index in [1.165, 1.54) is 0 Å². The highest BCUT2D eigenvalue weighted by molar-refractivity contribution is 8.02. The second kappa shape index (κ2) is 12.6. The lowest BCUT2D eigenvalue weighted by atomic mass is 9.66. The van der Waals surface area contributed by atoms with Crippen molar-refractivity contribution in [3.8, 4) is 5.75 Å². The van der Waals surface area contributed by atoms with E-state index in [-0.39, 0.29) is 42.2 Å². The third kappa shape index (κ3) is 5.33. The molecule has 3 aliphatic heterocycles. The first kappa shape index (κ1) is 31.2. The van der Waals surface area contributed by atoms with Crippen molar-refractivity contribution >= 4 is 46.2 Å². The van der Waals surface area contributed by atoms with Gasteiger partial charge in [0.2, 0.25) is 17.7 Å². The number of hydrogen-bond donors (Lipinski definition) is 3. The minimum absolute atomic E-state index is 0.0232. The van der Waals surface area contributed by atoms with Crippen molar-refractivity contribution in [2.45, 2.75) is 55.4 Å². The molecular weight excluding hydrogens is 616 g/mol. The van der Waals surface area contributed by atoms with Crippen molar-refractivity contribution in [2.24, 2.45) is 17.8 Å². The second-order valence-corrected chi connectivity index (χ2v) is 14.1. The first-order valence-corrected chi connectivity index (χ1v) is 17.0. The van der Waals surface area contributed by atoms with Crippen LogP contribution in [-0.2, 0) is 27.5 Å². The fourth-order valence-corrected chi connectivity index (χ4v) is 10.3. The number of benzene rings is 3. The summed E-state index contributed by atoms with van der Waals surface area (Å²) < 4.78 is 6.31. The van der Waals surface area contributed by atoms with E-state index < -0.39 is 28.7 Å². The summed E-state index contributed by atoms with van der Waals surface area (Å²) in [5, 5.41) is 25.1. The lowest BCUT2D eigenvalue weighted by molar-refractivity contribution is -0.142. The number of ether oxygens (including phenoxy) is 1. The van der Waals surface area contributed by atoms with Gasteiger partial charge < -0.3 is 25.4 Å². The number of para-hydroxylation sites is 1. The maximum atomic E-state index is 14.7. The quantitative estimate of drug-likeness (QED) is 0.224. The van der Waals surface area contributed by atoms with Crippen LogP contribution in [0, 0.1) is 17.8 Å². The summed E-state index contributed by atoms with van der Waals surface area (Å²) in [7, 11) is 0. The lowest BCUT2D eigenvalue weighted by Gasteiger charge is -2.40. The highest BCUT2D eigenvalue weighted by Gasteiger charge is 2.76. The number of anilines is 1. The number of hydrogen-bond acceptors (Lipinski definition) is 8. The van der Waals surface area contributed by atoms with E-state index in [2.05, 4.69) is 27.9 Å². The predicted octanol–water partition coefficient (Wildman–Crippen LogP) is 3.48. The summed E-state index contributed by atoms with van der Waals surface area (Å²) in [5.41, 5.74) is 3.04. The van der Waals surface area contributed by atoms with Crippen LogP contribution < -0.4 is 15.4 Å². The van der Waals surface area contributed by atoms with Crippen molar-refractivity contribution < 1.29 is 24.2 Å². The molecule has 3 aliphatic rings. The zero-order valence-corrected chi connectivity index (χ0v) is 27.1. The summed E-state index contributed by atoms with van der Waals surface area (Å²) in [6.07, 6.45) is 1.07. The molecule has 7 rings (SSSR count). The largest absolute Gasteiger partial charge is 0.494 e. The van der Waals surface area contributed by atoms with Crippen molar-refractivity contribution in [1.29, 1.82) is 0 Å². The van der Waals surface area contributed by atoms with Crippen LogP contribution in [0.5, 0.6) is 5.75 Å². The zero-order valence-electron chi connectivity index (χ0n) is 26.3. The Labute approximate surface area is 277 Å². The molecule has 244 valence electrons. The van der Waals surface area contributed by atoms with Gasteiger partial charge in [0.15, 0.2) is 0 Å². The standard InChI is InChI=1S/C35H38N6O5S/c1-3-46-25-15-13-23(14-16-25)37-32(43)29-28-17-21(2)35(47-28)30(29)34(45)41(24(19-42)18-22-9-5-4-6-10-22)31(35)33(44)36-20-40-27-12-8-7-11-26(27)38-39-40/h4-16,21,24,28-31,42H,3,17-20H2,1-2H3,(H,36,44)(H,37,43)/t21?,24-,28+,29-,30+,31?,35?/m1/s1. The molecule has 0 radical (unpaired) electrons. The van der Waals surface area contributed by atoms with Crippen molar-refractivity contribution in [2.75, 3.05) is 18.5 Å². The van der Waals surface area contributed by atoms with Crippen molar-refractivity contribution in [3.05, 3.63) is 84.4 Å². The van der Waals surface area contributed by atoms with Gasteiger partial charge in [-0.05, 0) is 67.6 Å². The molecule has 3 unspecified atom stereocenters. The second-order valence-electron chi connectivity index (χ2n) is 12.5. The van der Waals surface area contributed by atoms with Gasteiger partial charge in [-0.15, -0.1) is 16.9 Å². The molecule has 47 heavy (non-hydrogen) atoms. The Morgan fingerprint density at radius 2 is 1.81 bits per heavy atom. The normalized spacial score (nSPS) is 26.7. The number of aromatic nitrogens is 3. The summed E-state index contributed by atoms with van der Waals surface area (Å²) in [6, 6.07) is 22.7. The number of carbonyl (C=O) groups is 3. The predicted molar refractivity (Wildman–Crippen MR) is 178 cm³/mol. The monoisotopic (exact) mass is 654 g/mol. The molecule has 3 N–H and O–H groups in total. The van der Waals surface area contributed by atoms with Crippen LogP contribution in [0.1, 0.15) is 25.8 Å². The highest BCUT2D eigenvalue weighted by Crippen LogP contribution is 2.68. The SMILES string of the molecule is CCOc1ccc(NC(=O)[C@@H]2[C@@H]3CC(C)C4(S3)C(C(=O)NCn3nnc5ccccc53)N([C@@H](CO)Cc3ccccc3)C(=O)[C@H]24)cc1. The van der Waals surface area contributed by atoms with Crippen LogP contribution in [-0.4, -0.2) is 78.0 Å². The fourth-order valence-electron chi connectivity index (χ4n) is 7.90. The van der Waals surface area contributed by atoms with Gasteiger partial charge >= 0.3 is 0 Å². The van der Waals surface area contributed by atoms with E-state index in [4.69, 9.17) is 4.74 Å². The molecule has 4 heterocycles. The first-order valence-electron chi connectivity index (χ1n) is 16.1. The maximum Gasteiger partial charge on any atom is 0.245 e. The molecule has 0 aliphatic carbocycles. The van der Waals surface area contributed by atoms with E-state index in [1.54, 1.807) is 45.6 Å². The molecule has 1 aromatic heterocycles. The van der Waals surface area contributed by atoms with E-state index in [0.717, 1.165) is 11.1 Å². The molecule has 12 heteroatoms. The molecule has 1 spiro atoms. The molecule has 3 fully saturated rings. The fraction of sp³-hybridized carbons (Fsp3) is 0.400. The number of carbonyl (C=O) groups excluding carboxylic acids is 3. The molecule has 3 amide bonds. The number of aliphatic hydroxyl groups excluding tert-OH is 1. The van der Waals surface area contributed by atoms with Crippen LogP contribution in [0.3, 0.4) is 0 Å². The number of fused-ring (bicyclic) bond motifs is 2. The smallest absolute Gasteiger partial charge is 0.245 e. The molecule has 7 atom stereocenters. The van der Waals surface area contributed by atoms with E-state index in [1.807, 2.05) is 61.5 Å². The number of rotatable bonds is 11. The molecule has 4 aromatic rings. The van der Waals surface area contributed by atoms with Gasteiger partial charge in [-0.2, -0.15) is 0 Å². The van der Waals surface area contributed by atoms with Crippen LogP contribution in [0.2, 0.25) is 0 Å². The maximum absolute atomic E-state index is 14.7. The summed E-state index contributed by atoms with van der Waals surface area (Å²) in [6.45, 7) is 4.26. The third-order valence-electron chi connectivity index (χ3n) is 9.91. The Morgan fingerprint density at radius 3 is 2.55 bits per heavy atom. The molecule has 3 saturated heterocycles. The lowest BCUT2D eigenvalue weighted by Crippen LogP contribution is -2.59. The van der Waals surface area contributed by atoms with E-state index >= 15 is 0 Å².